The van der Waals surface area contributed by atoms with E-state index in [1.54, 1.807) is 6.92 Å². The Bertz CT molecular complexity index is 427. The van der Waals surface area contributed by atoms with E-state index in [1.807, 2.05) is 38.1 Å². The highest BCUT2D eigenvalue weighted by molar-refractivity contribution is 5.75. The summed E-state index contributed by atoms with van der Waals surface area (Å²) >= 11 is 0. The summed E-state index contributed by atoms with van der Waals surface area (Å²) in [6, 6.07) is 7.90. The zero-order valence-corrected chi connectivity index (χ0v) is 13.4. The molecule has 0 radical (unpaired) electrons. The highest BCUT2D eigenvalue weighted by Crippen LogP contribution is 2.25. The number of ether oxygens (including phenoxy) is 2. The van der Waals surface area contributed by atoms with Crippen molar-refractivity contribution in [1.82, 2.24) is 0 Å². The molecule has 0 aliphatic carbocycles. The second kappa shape index (κ2) is 6.78. The first-order chi connectivity index (χ1) is 9.25. The molecule has 20 heavy (non-hydrogen) atoms. The van der Waals surface area contributed by atoms with Gasteiger partial charge in [0.1, 0.15) is 5.75 Å². The fourth-order valence-corrected chi connectivity index (χ4v) is 1.86. The molecule has 1 unspecified atom stereocenters. The number of hydrogen-bond acceptors (Lipinski definition) is 3. The Balaban J connectivity index is 2.82. The van der Waals surface area contributed by atoms with Crippen LogP contribution in [0, 0.1) is 5.92 Å². The lowest BCUT2D eigenvalue weighted by molar-refractivity contribution is -0.153. The van der Waals surface area contributed by atoms with Crippen LogP contribution in [0.4, 0.5) is 0 Å². The van der Waals surface area contributed by atoms with Crippen molar-refractivity contribution in [2.24, 2.45) is 5.92 Å². The predicted octanol–water partition coefficient (Wildman–Crippen LogP) is 3.95. The van der Waals surface area contributed by atoms with Gasteiger partial charge in [-0.3, -0.25) is 0 Å². The van der Waals surface area contributed by atoms with Gasteiger partial charge in [0.25, 0.3) is 0 Å². The average molecular weight is 278 g/mol. The Morgan fingerprint density at radius 3 is 2.10 bits per heavy atom. The molecule has 0 aliphatic rings. The maximum Gasteiger partial charge on any atom is 0.347 e. The molecule has 1 atom stereocenters. The predicted molar refractivity (Wildman–Crippen MR) is 81.0 cm³/mol. The molecule has 0 saturated heterocycles. The Kier molecular flexibility index (Phi) is 5.61. The maximum absolute atomic E-state index is 11.9. The van der Waals surface area contributed by atoms with Gasteiger partial charge in [0.15, 0.2) is 6.10 Å². The number of carbonyl (C=O) groups is 1. The van der Waals surface area contributed by atoms with Crippen molar-refractivity contribution in [2.75, 3.05) is 6.61 Å². The van der Waals surface area contributed by atoms with Crippen molar-refractivity contribution in [3.8, 4) is 5.75 Å². The van der Waals surface area contributed by atoms with Crippen LogP contribution in [-0.2, 0) is 14.9 Å². The highest BCUT2D eigenvalue weighted by Gasteiger charge is 2.25. The van der Waals surface area contributed by atoms with Gasteiger partial charge < -0.3 is 9.47 Å². The van der Waals surface area contributed by atoms with Gasteiger partial charge >= 0.3 is 5.97 Å². The van der Waals surface area contributed by atoms with Crippen molar-refractivity contribution in [1.29, 1.82) is 0 Å². The van der Waals surface area contributed by atoms with Crippen LogP contribution in [-0.4, -0.2) is 18.7 Å². The Morgan fingerprint density at radius 2 is 1.70 bits per heavy atom. The van der Waals surface area contributed by atoms with Crippen molar-refractivity contribution < 1.29 is 14.3 Å². The molecule has 0 N–H and O–H groups in total. The van der Waals surface area contributed by atoms with E-state index in [0.29, 0.717) is 12.4 Å². The first-order valence-electron chi connectivity index (χ1n) is 7.19. The van der Waals surface area contributed by atoms with E-state index in [-0.39, 0.29) is 17.3 Å². The van der Waals surface area contributed by atoms with Crippen LogP contribution in [0.15, 0.2) is 24.3 Å². The largest absolute Gasteiger partial charge is 0.478 e. The molecule has 1 rings (SSSR count). The van der Waals surface area contributed by atoms with Crippen LogP contribution in [0.5, 0.6) is 5.75 Å². The van der Waals surface area contributed by atoms with Gasteiger partial charge in [0, 0.05) is 5.92 Å². The fourth-order valence-electron chi connectivity index (χ4n) is 1.86. The van der Waals surface area contributed by atoms with Crippen molar-refractivity contribution in [3.05, 3.63) is 29.8 Å². The molecule has 0 amide bonds. The van der Waals surface area contributed by atoms with Crippen LogP contribution < -0.4 is 4.74 Å². The van der Waals surface area contributed by atoms with Crippen molar-refractivity contribution >= 4 is 5.97 Å². The van der Waals surface area contributed by atoms with E-state index in [1.165, 1.54) is 5.56 Å². The third-order valence-corrected chi connectivity index (χ3v) is 3.11. The monoisotopic (exact) mass is 278 g/mol. The number of carbonyl (C=O) groups excluding carboxylic acids is 1. The van der Waals surface area contributed by atoms with Gasteiger partial charge in [0.05, 0.1) is 6.61 Å². The Hall–Kier alpha value is -1.51. The number of rotatable bonds is 5. The van der Waals surface area contributed by atoms with Gasteiger partial charge in [-0.2, -0.15) is 0 Å². The molecule has 1 aromatic rings. The molecular weight excluding hydrogens is 252 g/mol. The van der Waals surface area contributed by atoms with Gasteiger partial charge in [0.2, 0.25) is 0 Å². The smallest absolute Gasteiger partial charge is 0.347 e. The number of esters is 1. The van der Waals surface area contributed by atoms with Crippen LogP contribution in [0.3, 0.4) is 0 Å². The van der Waals surface area contributed by atoms with Gasteiger partial charge in [-0.25, -0.2) is 4.79 Å². The van der Waals surface area contributed by atoms with Crippen LogP contribution in [0.2, 0.25) is 0 Å². The Labute approximate surface area is 122 Å². The SMILES string of the molecule is CCOC(=O)C(Oc1ccc(C(C)(C)C)cc1)C(C)C. The molecule has 1 aromatic carbocycles. The van der Waals surface area contributed by atoms with Crippen LogP contribution in [0.25, 0.3) is 0 Å². The first kappa shape index (κ1) is 16.5. The Morgan fingerprint density at radius 1 is 1.15 bits per heavy atom. The van der Waals surface area contributed by atoms with Gasteiger partial charge in [-0.15, -0.1) is 0 Å². The van der Waals surface area contributed by atoms with Crippen molar-refractivity contribution in [3.63, 3.8) is 0 Å². The van der Waals surface area contributed by atoms with E-state index >= 15 is 0 Å². The summed E-state index contributed by atoms with van der Waals surface area (Å²) in [4.78, 5) is 11.9. The fraction of sp³-hybridized carbons (Fsp3) is 0.588. The standard InChI is InChI=1S/C17H26O3/c1-7-19-16(18)15(12(2)3)20-14-10-8-13(9-11-14)17(4,5)6/h8-12,15H,7H2,1-6H3. The van der Waals surface area contributed by atoms with E-state index in [4.69, 9.17) is 9.47 Å². The lowest BCUT2D eigenvalue weighted by Gasteiger charge is -2.22. The molecule has 0 fully saturated rings. The maximum atomic E-state index is 11.9. The van der Waals surface area contributed by atoms with Gasteiger partial charge in [-0.05, 0) is 30.0 Å². The molecule has 0 bridgehead atoms. The first-order valence-corrected chi connectivity index (χ1v) is 7.19. The lowest BCUT2D eigenvalue weighted by Crippen LogP contribution is -2.34. The topological polar surface area (TPSA) is 35.5 Å². The third-order valence-electron chi connectivity index (χ3n) is 3.11. The molecule has 0 aromatic heterocycles. The molecule has 0 heterocycles. The summed E-state index contributed by atoms with van der Waals surface area (Å²) in [7, 11) is 0. The molecule has 0 spiro atoms. The van der Waals surface area contributed by atoms with E-state index in [9.17, 15) is 4.79 Å². The second-order valence-electron chi connectivity index (χ2n) is 6.31. The minimum atomic E-state index is -0.560. The van der Waals surface area contributed by atoms with Crippen LogP contribution >= 0.6 is 0 Å². The summed E-state index contributed by atoms with van der Waals surface area (Å²) in [6.07, 6.45) is -0.560. The zero-order chi connectivity index (χ0) is 15.3. The molecule has 0 saturated carbocycles. The quantitative estimate of drug-likeness (QED) is 0.765. The molecule has 0 aliphatic heterocycles. The zero-order valence-electron chi connectivity index (χ0n) is 13.4. The minimum Gasteiger partial charge on any atom is -0.478 e. The average Bonchev–Trinajstić information content (AvgIpc) is 2.35. The summed E-state index contributed by atoms with van der Waals surface area (Å²) in [5, 5.41) is 0. The second-order valence-corrected chi connectivity index (χ2v) is 6.31. The van der Waals surface area contributed by atoms with Crippen LogP contribution in [0.1, 0.15) is 47.1 Å². The van der Waals surface area contributed by atoms with Crippen molar-refractivity contribution in [2.45, 2.75) is 53.1 Å². The normalized spacial score (nSPS) is 13.2. The van der Waals surface area contributed by atoms with E-state index in [2.05, 4.69) is 20.8 Å². The number of hydrogen-bond donors (Lipinski definition) is 0. The molecule has 3 heteroatoms. The third kappa shape index (κ3) is 4.55. The van der Waals surface area contributed by atoms with Gasteiger partial charge in [-0.1, -0.05) is 46.8 Å². The minimum absolute atomic E-state index is 0.0661. The lowest BCUT2D eigenvalue weighted by atomic mass is 9.87. The summed E-state index contributed by atoms with van der Waals surface area (Å²) < 4.78 is 10.8. The van der Waals surface area contributed by atoms with E-state index in [0.717, 1.165) is 0 Å². The molecule has 3 nitrogen and oxygen atoms in total. The van der Waals surface area contributed by atoms with E-state index < -0.39 is 6.10 Å². The summed E-state index contributed by atoms with van der Waals surface area (Å²) in [6.45, 7) is 12.6. The molecular formula is C17H26O3. The highest BCUT2D eigenvalue weighted by atomic mass is 16.6. The number of benzene rings is 1. The molecule has 112 valence electrons. The summed E-state index contributed by atoms with van der Waals surface area (Å²) in [5.74, 6) is 0.462. The summed E-state index contributed by atoms with van der Waals surface area (Å²) in [5.41, 5.74) is 1.35.